The van der Waals surface area contributed by atoms with Crippen LogP contribution in [0.5, 0.6) is 0 Å². The van der Waals surface area contributed by atoms with E-state index in [2.05, 4.69) is 5.10 Å². The van der Waals surface area contributed by atoms with Gasteiger partial charge in [0.05, 0.1) is 18.8 Å². The number of nitrogens with two attached hydrogens (primary N) is 1. The molecule has 118 valence electrons. The molecule has 8 heteroatoms. The number of aromatic amines is 1. The molecule has 0 unspecified atom stereocenters. The van der Waals surface area contributed by atoms with Crippen LogP contribution >= 0.6 is 0 Å². The molecule has 0 fully saturated rings. The van der Waals surface area contributed by atoms with Gasteiger partial charge in [0.2, 0.25) is 0 Å². The molecule has 2 rings (SSSR count). The van der Waals surface area contributed by atoms with Gasteiger partial charge < -0.3 is 11.1 Å². The molecular formula is C14H16F2N4O2. The van der Waals surface area contributed by atoms with Crippen molar-refractivity contribution in [1.29, 1.82) is 0 Å². The van der Waals surface area contributed by atoms with Gasteiger partial charge in [-0.1, -0.05) is 17.7 Å². The zero-order valence-electron chi connectivity index (χ0n) is 11.9. The smallest absolute Gasteiger partial charge is 0.277 e. The number of carbonyl (C=O) groups excluding carboxylic acids is 1. The van der Waals surface area contributed by atoms with Crippen LogP contribution < -0.4 is 16.6 Å². The topological polar surface area (TPSA) is 92.9 Å². The number of rotatable bonds is 5. The van der Waals surface area contributed by atoms with Gasteiger partial charge in [0, 0.05) is 6.07 Å². The summed E-state index contributed by atoms with van der Waals surface area (Å²) in [6, 6.07) is 8.08. The van der Waals surface area contributed by atoms with Crippen LogP contribution in [0, 0.1) is 6.92 Å². The van der Waals surface area contributed by atoms with E-state index in [9.17, 15) is 18.4 Å². The maximum atomic E-state index is 13.0. The van der Waals surface area contributed by atoms with Crippen LogP contribution in [-0.2, 0) is 0 Å². The lowest BCUT2D eigenvalue weighted by atomic mass is 10.2. The Bertz CT molecular complexity index is 719. The zero-order chi connectivity index (χ0) is 16.3. The molecule has 2 aromatic rings. The van der Waals surface area contributed by atoms with Gasteiger partial charge in [-0.3, -0.25) is 14.7 Å². The molecule has 0 bridgehead atoms. The van der Waals surface area contributed by atoms with Gasteiger partial charge >= 0.3 is 0 Å². The number of aromatic nitrogens is 2. The summed E-state index contributed by atoms with van der Waals surface area (Å²) in [4.78, 5) is 23.7. The van der Waals surface area contributed by atoms with E-state index < -0.39 is 30.5 Å². The Kier molecular flexibility index (Phi) is 4.41. The third-order valence-electron chi connectivity index (χ3n) is 3.06. The predicted molar refractivity (Wildman–Crippen MR) is 77.5 cm³/mol. The van der Waals surface area contributed by atoms with Gasteiger partial charge in [-0.15, -0.1) is 0 Å². The number of nitrogens with one attached hydrogen (secondary N) is 2. The van der Waals surface area contributed by atoms with E-state index in [1.807, 2.05) is 24.4 Å². The molecule has 0 saturated carbocycles. The number of hydrogen-bond donors (Lipinski definition) is 3. The van der Waals surface area contributed by atoms with Crippen molar-refractivity contribution in [3.63, 3.8) is 0 Å². The number of amides is 1. The minimum atomic E-state index is -3.19. The summed E-state index contributed by atoms with van der Waals surface area (Å²) >= 11 is 0. The highest BCUT2D eigenvalue weighted by Gasteiger charge is 2.27. The summed E-state index contributed by atoms with van der Waals surface area (Å²) in [6.07, 6.45) is 0. The van der Waals surface area contributed by atoms with E-state index in [0.717, 1.165) is 16.3 Å². The average molecular weight is 310 g/mol. The van der Waals surface area contributed by atoms with Gasteiger partial charge in [0.25, 0.3) is 17.4 Å². The second-order valence-corrected chi connectivity index (χ2v) is 4.92. The second-order valence-electron chi connectivity index (χ2n) is 4.92. The third kappa shape index (κ3) is 3.59. The van der Waals surface area contributed by atoms with E-state index >= 15 is 0 Å². The molecule has 0 aliphatic carbocycles. The molecule has 1 aromatic heterocycles. The highest BCUT2D eigenvalue weighted by atomic mass is 19.3. The normalized spacial score (nSPS) is 11.5. The zero-order valence-corrected chi connectivity index (χ0v) is 11.9. The van der Waals surface area contributed by atoms with Crippen molar-refractivity contribution in [2.45, 2.75) is 12.8 Å². The monoisotopic (exact) mass is 310 g/mol. The number of alkyl halides is 2. The maximum absolute atomic E-state index is 13.0. The first-order valence-electron chi connectivity index (χ1n) is 6.57. The molecule has 0 radical (unpaired) electrons. The number of hydrogen-bond acceptors (Lipinski definition) is 3. The summed E-state index contributed by atoms with van der Waals surface area (Å²) in [6.45, 7) is 0.145. The molecule has 1 amide bonds. The van der Waals surface area contributed by atoms with E-state index in [-0.39, 0.29) is 5.69 Å². The predicted octanol–water partition coefficient (Wildman–Crippen LogP) is 0.798. The minimum Gasteiger partial charge on any atom is -0.345 e. The van der Waals surface area contributed by atoms with Gasteiger partial charge in [-0.25, -0.2) is 13.5 Å². The molecule has 6 nitrogen and oxygen atoms in total. The number of nitrogens with zero attached hydrogens (tertiary/aromatic N) is 1. The van der Waals surface area contributed by atoms with Crippen LogP contribution in [0.25, 0.3) is 5.69 Å². The first-order chi connectivity index (χ1) is 10.3. The van der Waals surface area contributed by atoms with Gasteiger partial charge in [0.15, 0.2) is 0 Å². The molecule has 22 heavy (non-hydrogen) atoms. The molecule has 4 N–H and O–H groups in total. The second kappa shape index (κ2) is 6.10. The Balaban J connectivity index is 2.17. The van der Waals surface area contributed by atoms with E-state index in [1.165, 1.54) is 0 Å². The van der Waals surface area contributed by atoms with Crippen molar-refractivity contribution in [3.8, 4) is 5.69 Å². The molecule has 0 saturated heterocycles. The van der Waals surface area contributed by atoms with Crippen molar-refractivity contribution >= 4 is 5.91 Å². The van der Waals surface area contributed by atoms with E-state index in [0.29, 0.717) is 5.69 Å². The molecule has 1 heterocycles. The summed E-state index contributed by atoms with van der Waals surface area (Å²) in [7, 11) is 0. The first kappa shape index (κ1) is 15.9. The lowest BCUT2D eigenvalue weighted by Crippen LogP contribution is -2.41. The lowest BCUT2D eigenvalue weighted by molar-refractivity contribution is 0.0118. The van der Waals surface area contributed by atoms with Gasteiger partial charge in [-0.2, -0.15) is 0 Å². The van der Waals surface area contributed by atoms with Crippen LogP contribution in [0.4, 0.5) is 8.78 Å². The Hall–Kier alpha value is -2.48. The summed E-state index contributed by atoms with van der Waals surface area (Å²) in [5, 5.41) is 4.63. The van der Waals surface area contributed by atoms with Crippen LogP contribution in [0.2, 0.25) is 0 Å². The SMILES string of the molecule is Cc1ccc(-n2[nH]c(C(=O)NCC(F)(F)CN)cc2=O)cc1. The number of carbonyl (C=O) groups is 1. The van der Waals surface area contributed by atoms with Crippen LogP contribution in [0.3, 0.4) is 0 Å². The third-order valence-corrected chi connectivity index (χ3v) is 3.06. The summed E-state index contributed by atoms with van der Waals surface area (Å²) in [5.41, 5.74) is 5.89. The van der Waals surface area contributed by atoms with Crippen molar-refractivity contribution in [2.75, 3.05) is 13.1 Å². The number of halogens is 2. The first-order valence-corrected chi connectivity index (χ1v) is 6.57. The summed E-state index contributed by atoms with van der Waals surface area (Å²) in [5.74, 6) is -3.98. The number of H-pyrrole nitrogens is 1. The van der Waals surface area contributed by atoms with E-state index in [4.69, 9.17) is 5.73 Å². The number of aryl methyl sites for hydroxylation is 1. The molecule has 1 aromatic carbocycles. The fourth-order valence-electron chi connectivity index (χ4n) is 1.77. The Labute approximate surface area is 124 Å². The Morgan fingerprint density at radius 1 is 1.36 bits per heavy atom. The Morgan fingerprint density at radius 3 is 2.59 bits per heavy atom. The fraction of sp³-hybridized carbons (Fsp3) is 0.286. The average Bonchev–Trinajstić information content (AvgIpc) is 2.88. The molecule has 0 spiro atoms. The Morgan fingerprint density at radius 2 is 2.00 bits per heavy atom. The molecule has 0 aliphatic heterocycles. The van der Waals surface area contributed by atoms with Gasteiger partial charge in [-0.05, 0) is 19.1 Å². The minimum absolute atomic E-state index is 0.0987. The van der Waals surface area contributed by atoms with Crippen LogP contribution in [-0.4, -0.2) is 34.7 Å². The molecule has 0 aliphatic rings. The highest BCUT2D eigenvalue weighted by Crippen LogP contribution is 2.09. The van der Waals surface area contributed by atoms with E-state index in [1.54, 1.807) is 12.1 Å². The quantitative estimate of drug-likeness (QED) is 0.762. The molecular weight excluding hydrogens is 294 g/mol. The molecule has 0 atom stereocenters. The van der Waals surface area contributed by atoms with Crippen molar-refractivity contribution in [1.82, 2.24) is 15.1 Å². The maximum Gasteiger partial charge on any atom is 0.277 e. The number of benzene rings is 1. The van der Waals surface area contributed by atoms with Crippen molar-refractivity contribution in [2.24, 2.45) is 5.73 Å². The highest BCUT2D eigenvalue weighted by molar-refractivity contribution is 5.92. The van der Waals surface area contributed by atoms with Crippen LogP contribution in [0.15, 0.2) is 35.1 Å². The largest absolute Gasteiger partial charge is 0.345 e. The van der Waals surface area contributed by atoms with Crippen LogP contribution in [0.1, 0.15) is 16.1 Å². The van der Waals surface area contributed by atoms with Crippen molar-refractivity contribution in [3.05, 3.63) is 51.9 Å². The fourth-order valence-corrected chi connectivity index (χ4v) is 1.77. The van der Waals surface area contributed by atoms with Crippen molar-refractivity contribution < 1.29 is 13.6 Å². The lowest BCUT2D eigenvalue weighted by Gasteiger charge is -2.13. The summed E-state index contributed by atoms with van der Waals surface area (Å²) < 4.78 is 27.2. The van der Waals surface area contributed by atoms with Gasteiger partial charge in [0.1, 0.15) is 5.69 Å². The standard InChI is InChI=1S/C14H16F2N4O2/c1-9-2-4-10(5-3-9)20-12(21)6-11(19-20)13(22)18-8-14(15,16)7-17/h2-6,19H,7-8,17H2,1H3,(H,18,22).